The van der Waals surface area contributed by atoms with Gasteiger partial charge in [0.05, 0.1) is 5.75 Å². The van der Waals surface area contributed by atoms with Gasteiger partial charge in [-0.25, -0.2) is 13.1 Å². The summed E-state index contributed by atoms with van der Waals surface area (Å²) < 4.78 is 26.2. The van der Waals surface area contributed by atoms with Crippen LogP contribution in [0.2, 0.25) is 0 Å². The van der Waals surface area contributed by atoms with Gasteiger partial charge in [0.25, 0.3) is 0 Å². The topological polar surface area (TPSA) is 58.2 Å². The van der Waals surface area contributed by atoms with Crippen LogP contribution in [0.3, 0.4) is 0 Å². The largest absolute Gasteiger partial charge is 0.316 e. The van der Waals surface area contributed by atoms with Gasteiger partial charge in [-0.15, -0.1) is 0 Å². The monoisotopic (exact) mass is 246 g/mol. The first-order chi connectivity index (χ1) is 7.57. The van der Waals surface area contributed by atoms with Crippen LogP contribution in [0.1, 0.15) is 26.2 Å². The van der Waals surface area contributed by atoms with E-state index in [1.165, 1.54) is 0 Å². The minimum absolute atomic E-state index is 0.335. The van der Waals surface area contributed by atoms with E-state index in [1.54, 1.807) is 0 Å². The molecular weight excluding hydrogens is 224 g/mol. The first-order valence-corrected chi connectivity index (χ1v) is 7.90. The number of piperidine rings is 1. The van der Waals surface area contributed by atoms with Crippen molar-refractivity contribution in [2.45, 2.75) is 26.2 Å². The molecule has 2 aliphatic rings. The molecule has 0 bridgehead atoms. The molecule has 2 atom stereocenters. The Morgan fingerprint density at radius 3 is 2.69 bits per heavy atom. The van der Waals surface area contributed by atoms with Crippen LogP contribution in [0.25, 0.3) is 0 Å². The van der Waals surface area contributed by atoms with Crippen LogP contribution in [0.15, 0.2) is 0 Å². The molecule has 0 amide bonds. The molecular formula is C11H22N2O2S. The van der Waals surface area contributed by atoms with E-state index in [9.17, 15) is 8.42 Å². The summed E-state index contributed by atoms with van der Waals surface area (Å²) in [5.41, 5.74) is 0. The molecule has 2 unspecified atom stereocenters. The highest BCUT2D eigenvalue weighted by Gasteiger charge is 2.29. The molecule has 1 saturated carbocycles. The van der Waals surface area contributed by atoms with E-state index in [0.717, 1.165) is 32.4 Å². The highest BCUT2D eigenvalue weighted by Crippen LogP contribution is 2.30. The number of rotatable bonds is 5. The zero-order chi connectivity index (χ0) is 11.6. The molecule has 0 radical (unpaired) electrons. The lowest BCUT2D eigenvalue weighted by Crippen LogP contribution is -2.42. The Balaban J connectivity index is 1.76. The van der Waals surface area contributed by atoms with E-state index >= 15 is 0 Å². The third-order valence-electron chi connectivity index (χ3n) is 3.71. The smallest absolute Gasteiger partial charge is 0.211 e. The first-order valence-electron chi connectivity index (χ1n) is 6.25. The molecule has 0 spiro atoms. The van der Waals surface area contributed by atoms with E-state index in [1.807, 2.05) is 0 Å². The Labute approximate surface area is 98.2 Å². The van der Waals surface area contributed by atoms with Crippen LogP contribution in [0.4, 0.5) is 0 Å². The van der Waals surface area contributed by atoms with Gasteiger partial charge >= 0.3 is 0 Å². The first kappa shape index (κ1) is 12.3. The van der Waals surface area contributed by atoms with Crippen LogP contribution in [0, 0.1) is 17.8 Å². The second kappa shape index (κ2) is 5.02. The lowest BCUT2D eigenvalue weighted by atomic mass is 9.88. The molecule has 0 aromatic carbocycles. The molecule has 2 N–H and O–H groups in total. The fourth-order valence-electron chi connectivity index (χ4n) is 2.22. The molecule has 1 aliphatic carbocycles. The van der Waals surface area contributed by atoms with E-state index in [2.05, 4.69) is 17.0 Å². The van der Waals surface area contributed by atoms with Gasteiger partial charge in [-0.1, -0.05) is 6.92 Å². The van der Waals surface area contributed by atoms with Crippen LogP contribution in [-0.2, 0) is 10.0 Å². The summed E-state index contributed by atoms with van der Waals surface area (Å²) in [7, 11) is -3.02. The molecule has 1 heterocycles. The Kier molecular flexibility index (Phi) is 3.87. The summed E-state index contributed by atoms with van der Waals surface area (Å²) in [5, 5.41) is 3.32. The normalized spacial score (nSPS) is 31.6. The zero-order valence-electron chi connectivity index (χ0n) is 9.91. The fourth-order valence-corrected chi connectivity index (χ4v) is 3.75. The summed E-state index contributed by atoms with van der Waals surface area (Å²) in [4.78, 5) is 0. The van der Waals surface area contributed by atoms with Crippen molar-refractivity contribution in [3.63, 3.8) is 0 Å². The maximum atomic E-state index is 11.7. The van der Waals surface area contributed by atoms with Crippen molar-refractivity contribution in [3.8, 4) is 0 Å². The van der Waals surface area contributed by atoms with E-state index in [-0.39, 0.29) is 0 Å². The maximum absolute atomic E-state index is 11.7. The van der Waals surface area contributed by atoms with Gasteiger partial charge in [-0.2, -0.15) is 0 Å². The van der Waals surface area contributed by atoms with Crippen LogP contribution in [0.5, 0.6) is 0 Å². The lowest BCUT2D eigenvalue weighted by molar-refractivity contribution is 0.275. The standard InChI is InChI=1S/C11H22N2O2S/c1-9-4-5-12-6-11(9)7-13-16(14,15)8-10-2-3-10/h9-13H,2-8H2,1H3. The minimum Gasteiger partial charge on any atom is -0.316 e. The van der Waals surface area contributed by atoms with Crippen molar-refractivity contribution in [3.05, 3.63) is 0 Å². The summed E-state index contributed by atoms with van der Waals surface area (Å²) in [6, 6.07) is 0. The molecule has 4 nitrogen and oxygen atoms in total. The van der Waals surface area contributed by atoms with Crippen molar-refractivity contribution in [1.82, 2.24) is 10.0 Å². The zero-order valence-corrected chi connectivity index (χ0v) is 10.7. The number of hydrogen-bond donors (Lipinski definition) is 2. The average molecular weight is 246 g/mol. The molecule has 94 valence electrons. The van der Waals surface area contributed by atoms with Crippen LogP contribution >= 0.6 is 0 Å². The highest BCUT2D eigenvalue weighted by molar-refractivity contribution is 7.89. The van der Waals surface area contributed by atoms with E-state index < -0.39 is 10.0 Å². The van der Waals surface area contributed by atoms with Crippen molar-refractivity contribution in [2.75, 3.05) is 25.4 Å². The Morgan fingerprint density at radius 2 is 2.06 bits per heavy atom. The van der Waals surface area contributed by atoms with Gasteiger partial charge < -0.3 is 5.32 Å². The fraction of sp³-hybridized carbons (Fsp3) is 1.00. The number of hydrogen-bond acceptors (Lipinski definition) is 3. The molecule has 0 aromatic rings. The third-order valence-corrected chi connectivity index (χ3v) is 5.22. The molecule has 1 aliphatic heterocycles. The van der Waals surface area contributed by atoms with Gasteiger partial charge in [0, 0.05) is 6.54 Å². The third kappa shape index (κ3) is 3.71. The average Bonchev–Trinajstić information content (AvgIpc) is 3.00. The quantitative estimate of drug-likeness (QED) is 0.745. The predicted octanol–water partition coefficient (Wildman–Crippen LogP) is 0.561. The maximum Gasteiger partial charge on any atom is 0.211 e. The molecule has 2 fully saturated rings. The van der Waals surface area contributed by atoms with Crippen LogP contribution < -0.4 is 10.0 Å². The molecule has 2 rings (SSSR count). The Hall–Kier alpha value is -0.130. The molecule has 5 heteroatoms. The summed E-state index contributed by atoms with van der Waals surface area (Å²) in [6.45, 7) is 4.81. The van der Waals surface area contributed by atoms with E-state index in [0.29, 0.717) is 30.1 Å². The lowest BCUT2D eigenvalue weighted by Gasteiger charge is -2.29. The molecule has 0 aromatic heterocycles. The molecule has 16 heavy (non-hydrogen) atoms. The van der Waals surface area contributed by atoms with Crippen molar-refractivity contribution in [2.24, 2.45) is 17.8 Å². The number of sulfonamides is 1. The predicted molar refractivity (Wildman–Crippen MR) is 64.7 cm³/mol. The Morgan fingerprint density at radius 1 is 1.31 bits per heavy atom. The van der Waals surface area contributed by atoms with Gasteiger partial charge in [0.15, 0.2) is 0 Å². The summed E-state index contributed by atoms with van der Waals surface area (Å²) in [5.74, 6) is 1.83. The van der Waals surface area contributed by atoms with E-state index in [4.69, 9.17) is 0 Å². The second-order valence-corrected chi connectivity index (χ2v) is 7.15. The Bertz CT molecular complexity index is 325. The second-order valence-electron chi connectivity index (χ2n) is 5.30. The number of nitrogens with one attached hydrogen (secondary N) is 2. The molecule has 1 saturated heterocycles. The highest BCUT2D eigenvalue weighted by atomic mass is 32.2. The SMILES string of the molecule is CC1CCNCC1CNS(=O)(=O)CC1CC1. The van der Waals surface area contributed by atoms with Gasteiger partial charge in [-0.3, -0.25) is 0 Å². The van der Waals surface area contributed by atoms with Gasteiger partial charge in [-0.05, 0) is 50.1 Å². The van der Waals surface area contributed by atoms with Gasteiger partial charge in [0.2, 0.25) is 10.0 Å². The van der Waals surface area contributed by atoms with Crippen molar-refractivity contribution < 1.29 is 8.42 Å². The minimum atomic E-state index is -3.02. The summed E-state index contributed by atoms with van der Waals surface area (Å²) in [6.07, 6.45) is 3.32. The van der Waals surface area contributed by atoms with Crippen molar-refractivity contribution in [1.29, 1.82) is 0 Å². The summed E-state index contributed by atoms with van der Waals surface area (Å²) >= 11 is 0. The van der Waals surface area contributed by atoms with Crippen molar-refractivity contribution >= 4 is 10.0 Å². The van der Waals surface area contributed by atoms with Crippen LogP contribution in [-0.4, -0.2) is 33.8 Å². The van der Waals surface area contributed by atoms with Gasteiger partial charge in [0.1, 0.15) is 0 Å².